The molecule has 0 bridgehead atoms. The highest BCUT2D eigenvalue weighted by Crippen LogP contribution is 2.63. The Morgan fingerprint density at radius 1 is 1.05 bits per heavy atom. The van der Waals surface area contributed by atoms with Gasteiger partial charge < -0.3 is 10.2 Å². The summed E-state index contributed by atoms with van der Waals surface area (Å²) in [6, 6.07) is 0. The van der Waals surface area contributed by atoms with Crippen LogP contribution in [0, 0.1) is 28.6 Å². The fourth-order valence-corrected chi connectivity index (χ4v) is 6.40. The molecule has 3 fully saturated rings. The van der Waals surface area contributed by atoms with Crippen LogP contribution in [-0.2, 0) is 4.79 Å². The third kappa shape index (κ3) is 1.78. The van der Waals surface area contributed by atoms with E-state index in [0.29, 0.717) is 24.0 Å². The number of ketones is 1. The van der Waals surface area contributed by atoms with Crippen molar-refractivity contribution in [2.24, 2.45) is 28.6 Å². The molecule has 3 nitrogen and oxygen atoms in total. The third-order valence-electron chi connectivity index (χ3n) is 7.81. The number of hydrogen-bond acceptors (Lipinski definition) is 3. The van der Waals surface area contributed by atoms with E-state index < -0.39 is 6.10 Å². The van der Waals surface area contributed by atoms with Gasteiger partial charge in [0.2, 0.25) is 0 Å². The average molecular weight is 304 g/mol. The zero-order valence-electron chi connectivity index (χ0n) is 13.7. The van der Waals surface area contributed by atoms with Crippen LogP contribution in [-0.4, -0.2) is 28.2 Å². The molecule has 0 aromatic carbocycles. The second-order valence-corrected chi connectivity index (χ2v) is 8.70. The minimum atomic E-state index is -0.436. The first-order chi connectivity index (χ1) is 10.4. The summed E-state index contributed by atoms with van der Waals surface area (Å²) in [4.78, 5) is 12.4. The number of hydrogen-bond donors (Lipinski definition) is 2. The van der Waals surface area contributed by atoms with Gasteiger partial charge in [0.05, 0.1) is 12.2 Å². The summed E-state index contributed by atoms with van der Waals surface area (Å²) in [6.45, 7) is 4.48. The highest BCUT2D eigenvalue weighted by Gasteiger charge is 2.60. The smallest absolute Gasteiger partial charge is 0.139 e. The summed E-state index contributed by atoms with van der Waals surface area (Å²) >= 11 is 0. The van der Waals surface area contributed by atoms with Gasteiger partial charge in [-0.1, -0.05) is 25.5 Å². The zero-order valence-corrected chi connectivity index (χ0v) is 13.7. The average Bonchev–Trinajstić information content (AvgIpc) is 2.77. The molecule has 0 heterocycles. The van der Waals surface area contributed by atoms with E-state index in [9.17, 15) is 15.0 Å². The fraction of sp³-hybridized carbons (Fsp3) is 0.842. The summed E-state index contributed by atoms with van der Waals surface area (Å²) in [5.41, 5.74) is 1.20. The van der Waals surface area contributed by atoms with Crippen molar-refractivity contribution in [1.82, 2.24) is 0 Å². The first kappa shape index (κ1) is 14.9. The van der Waals surface area contributed by atoms with E-state index in [0.717, 1.165) is 38.5 Å². The molecule has 0 spiro atoms. The monoisotopic (exact) mass is 304 g/mol. The lowest BCUT2D eigenvalue weighted by atomic mass is 9.47. The molecule has 22 heavy (non-hydrogen) atoms. The molecule has 0 saturated heterocycles. The van der Waals surface area contributed by atoms with E-state index in [-0.39, 0.29) is 22.9 Å². The summed E-state index contributed by atoms with van der Waals surface area (Å²) < 4.78 is 0. The largest absolute Gasteiger partial charge is 0.393 e. The van der Waals surface area contributed by atoms with Crippen LogP contribution in [0.5, 0.6) is 0 Å². The Hall–Kier alpha value is -0.670. The number of Topliss-reactive ketones (excluding diaryl/α,β-unsaturated/α-hetero) is 1. The number of aliphatic hydroxyl groups excluding tert-OH is 2. The van der Waals surface area contributed by atoms with Crippen LogP contribution in [0.1, 0.15) is 58.8 Å². The van der Waals surface area contributed by atoms with E-state index in [1.165, 1.54) is 5.57 Å². The molecular weight excluding hydrogens is 276 g/mol. The van der Waals surface area contributed by atoms with E-state index >= 15 is 0 Å². The molecule has 3 heteroatoms. The van der Waals surface area contributed by atoms with Crippen LogP contribution in [0.2, 0.25) is 0 Å². The Balaban J connectivity index is 1.75. The van der Waals surface area contributed by atoms with Crippen LogP contribution >= 0.6 is 0 Å². The molecule has 7 atom stereocenters. The second-order valence-electron chi connectivity index (χ2n) is 8.70. The Morgan fingerprint density at radius 3 is 2.50 bits per heavy atom. The molecule has 122 valence electrons. The quantitative estimate of drug-likeness (QED) is 0.677. The normalized spacial score (nSPS) is 54.3. The third-order valence-corrected chi connectivity index (χ3v) is 7.81. The minimum Gasteiger partial charge on any atom is -0.393 e. The number of aliphatic hydroxyl groups is 2. The van der Waals surface area contributed by atoms with E-state index in [4.69, 9.17) is 0 Å². The second kappa shape index (κ2) is 4.67. The molecule has 0 amide bonds. The standard InChI is InChI=1S/C19H28O3/c1-18-7-5-12(20)9-11(18)10-15(21)17-13-3-4-16(22)19(13,2)8-6-14(17)18/h10,12-15,17,20-21H,3-9H2,1-2H3/t12-,13+,14-,15+,17+,18-,19-/m1/s1. The summed E-state index contributed by atoms with van der Waals surface area (Å²) in [5.74, 6) is 1.46. The van der Waals surface area contributed by atoms with Crippen LogP contribution in [0.25, 0.3) is 0 Å². The van der Waals surface area contributed by atoms with Gasteiger partial charge in [0.15, 0.2) is 0 Å². The SMILES string of the molecule is C[C@@]12CC[C@@H]3[C@@H]([C@@H](O)C=C4C[C@H](O)CC[C@]43C)[C@@H]1CCC2=O. The van der Waals surface area contributed by atoms with Crippen molar-refractivity contribution < 1.29 is 15.0 Å². The summed E-state index contributed by atoms with van der Waals surface area (Å²) in [6.07, 6.45) is 7.65. The van der Waals surface area contributed by atoms with Crippen molar-refractivity contribution in [1.29, 1.82) is 0 Å². The van der Waals surface area contributed by atoms with Crippen molar-refractivity contribution in [2.75, 3.05) is 0 Å². The molecule has 4 rings (SSSR count). The van der Waals surface area contributed by atoms with Gasteiger partial charge in [-0.3, -0.25) is 4.79 Å². The number of carbonyl (C=O) groups is 1. The molecule has 0 aliphatic heterocycles. The predicted octanol–water partition coefficient (Wildman–Crippen LogP) is 2.85. The highest BCUT2D eigenvalue weighted by molar-refractivity contribution is 5.87. The molecule has 0 aromatic heterocycles. The van der Waals surface area contributed by atoms with Crippen LogP contribution in [0.15, 0.2) is 11.6 Å². The van der Waals surface area contributed by atoms with Gasteiger partial charge in [-0.05, 0) is 61.7 Å². The van der Waals surface area contributed by atoms with Crippen molar-refractivity contribution in [3.8, 4) is 0 Å². The Kier molecular flexibility index (Phi) is 3.16. The highest BCUT2D eigenvalue weighted by atomic mass is 16.3. The van der Waals surface area contributed by atoms with E-state index in [2.05, 4.69) is 13.8 Å². The molecule has 4 aliphatic carbocycles. The molecule has 3 saturated carbocycles. The molecular formula is C19H28O3. The van der Waals surface area contributed by atoms with Crippen molar-refractivity contribution >= 4 is 5.78 Å². The van der Waals surface area contributed by atoms with Gasteiger partial charge in [0, 0.05) is 11.8 Å². The molecule has 2 N–H and O–H groups in total. The van der Waals surface area contributed by atoms with E-state index in [1.54, 1.807) is 0 Å². The maximum atomic E-state index is 12.4. The van der Waals surface area contributed by atoms with Gasteiger partial charge in [-0.25, -0.2) is 0 Å². The summed E-state index contributed by atoms with van der Waals surface area (Å²) in [5, 5.41) is 20.8. The van der Waals surface area contributed by atoms with E-state index in [1.807, 2.05) is 6.08 Å². The van der Waals surface area contributed by atoms with Gasteiger partial charge in [-0.15, -0.1) is 0 Å². The fourth-order valence-electron chi connectivity index (χ4n) is 6.40. The topological polar surface area (TPSA) is 57.5 Å². The molecule has 0 unspecified atom stereocenters. The van der Waals surface area contributed by atoms with Crippen molar-refractivity contribution in [3.05, 3.63) is 11.6 Å². The zero-order chi connectivity index (χ0) is 15.7. The first-order valence-corrected chi connectivity index (χ1v) is 8.97. The first-order valence-electron chi connectivity index (χ1n) is 8.97. The van der Waals surface area contributed by atoms with Gasteiger partial charge in [0.25, 0.3) is 0 Å². The number of fused-ring (bicyclic) bond motifs is 5. The maximum absolute atomic E-state index is 12.4. The predicted molar refractivity (Wildman–Crippen MR) is 84.1 cm³/mol. The lowest BCUT2D eigenvalue weighted by Crippen LogP contribution is -2.54. The summed E-state index contributed by atoms with van der Waals surface area (Å²) in [7, 11) is 0. The lowest BCUT2D eigenvalue weighted by molar-refractivity contribution is -0.135. The van der Waals surface area contributed by atoms with Gasteiger partial charge in [-0.2, -0.15) is 0 Å². The molecule has 0 radical (unpaired) electrons. The van der Waals surface area contributed by atoms with Crippen LogP contribution in [0.3, 0.4) is 0 Å². The minimum absolute atomic E-state index is 0.121. The van der Waals surface area contributed by atoms with Crippen LogP contribution < -0.4 is 0 Å². The Morgan fingerprint density at radius 2 is 1.73 bits per heavy atom. The lowest BCUT2D eigenvalue weighted by Gasteiger charge is -2.58. The molecule has 0 aromatic rings. The Labute approximate surface area is 132 Å². The number of carbonyl (C=O) groups excluding carboxylic acids is 1. The van der Waals surface area contributed by atoms with Gasteiger partial charge >= 0.3 is 0 Å². The van der Waals surface area contributed by atoms with Crippen LogP contribution in [0.4, 0.5) is 0 Å². The maximum Gasteiger partial charge on any atom is 0.139 e. The molecule has 4 aliphatic rings. The Bertz CT molecular complexity index is 539. The number of rotatable bonds is 0. The van der Waals surface area contributed by atoms with Crippen molar-refractivity contribution in [2.45, 2.75) is 71.0 Å². The van der Waals surface area contributed by atoms with Gasteiger partial charge in [0.1, 0.15) is 5.78 Å². The van der Waals surface area contributed by atoms with Crippen molar-refractivity contribution in [3.63, 3.8) is 0 Å².